The molecular weight excluding hydrogens is 253 g/mol. The van der Waals surface area contributed by atoms with E-state index in [1.54, 1.807) is 10.9 Å². The van der Waals surface area contributed by atoms with Crippen LogP contribution >= 0.6 is 0 Å². The van der Waals surface area contributed by atoms with Gasteiger partial charge in [0.05, 0.1) is 6.54 Å². The van der Waals surface area contributed by atoms with Gasteiger partial charge in [0.1, 0.15) is 5.82 Å². The molecule has 0 saturated heterocycles. The van der Waals surface area contributed by atoms with E-state index in [2.05, 4.69) is 31.2 Å². The van der Waals surface area contributed by atoms with Crippen LogP contribution in [0.3, 0.4) is 0 Å². The molecule has 0 atom stereocenters. The van der Waals surface area contributed by atoms with Crippen LogP contribution in [0.5, 0.6) is 0 Å². The van der Waals surface area contributed by atoms with Crippen LogP contribution < -0.4 is 5.32 Å². The number of hydrogen-bond donors (Lipinski definition) is 1. The predicted molar refractivity (Wildman–Crippen MR) is 79.1 cm³/mol. The highest BCUT2D eigenvalue weighted by molar-refractivity contribution is 5.25. The Morgan fingerprint density at radius 1 is 1.25 bits per heavy atom. The van der Waals surface area contributed by atoms with Crippen LogP contribution in [0.1, 0.15) is 37.6 Å². The van der Waals surface area contributed by atoms with Crippen molar-refractivity contribution >= 4 is 0 Å². The zero-order chi connectivity index (χ0) is 14.8. The molecule has 1 aromatic carbocycles. The number of hydrogen-bond acceptors (Lipinski definition) is 2. The van der Waals surface area contributed by atoms with Gasteiger partial charge in [0.25, 0.3) is 0 Å². The summed E-state index contributed by atoms with van der Waals surface area (Å²) in [5.74, 6) is -0.181. The van der Waals surface area contributed by atoms with E-state index in [-0.39, 0.29) is 11.4 Å². The first-order valence-electron chi connectivity index (χ1n) is 6.86. The van der Waals surface area contributed by atoms with E-state index < -0.39 is 0 Å². The van der Waals surface area contributed by atoms with E-state index in [0.717, 1.165) is 17.8 Å². The van der Waals surface area contributed by atoms with Crippen molar-refractivity contribution in [1.29, 1.82) is 0 Å². The van der Waals surface area contributed by atoms with Crippen molar-refractivity contribution in [1.82, 2.24) is 15.1 Å². The lowest BCUT2D eigenvalue weighted by atomic mass is 10.1. The van der Waals surface area contributed by atoms with Gasteiger partial charge in [0.2, 0.25) is 0 Å². The molecule has 0 bridgehead atoms. The smallest absolute Gasteiger partial charge is 0.128 e. The third-order valence-electron chi connectivity index (χ3n) is 3.18. The monoisotopic (exact) mass is 275 g/mol. The lowest BCUT2D eigenvalue weighted by Crippen LogP contribution is -2.35. The largest absolute Gasteiger partial charge is 0.308 e. The van der Waals surface area contributed by atoms with Crippen molar-refractivity contribution in [3.05, 3.63) is 53.1 Å². The van der Waals surface area contributed by atoms with E-state index >= 15 is 0 Å². The van der Waals surface area contributed by atoms with Crippen LogP contribution in [0.2, 0.25) is 0 Å². The quantitative estimate of drug-likeness (QED) is 0.928. The summed E-state index contributed by atoms with van der Waals surface area (Å²) in [6.07, 6.45) is 1.73. The zero-order valence-corrected chi connectivity index (χ0v) is 12.6. The lowest BCUT2D eigenvalue weighted by molar-refractivity contribution is 0.424. The Kier molecular flexibility index (Phi) is 4.23. The van der Waals surface area contributed by atoms with Gasteiger partial charge >= 0.3 is 0 Å². The SMILES string of the molecule is Cc1ccnn1Cc1cc(CNC(C)(C)C)ccc1F. The van der Waals surface area contributed by atoms with Gasteiger partial charge in [0.15, 0.2) is 0 Å². The number of nitrogens with one attached hydrogen (secondary N) is 1. The zero-order valence-electron chi connectivity index (χ0n) is 12.6. The number of aryl methyl sites for hydroxylation is 1. The van der Waals surface area contributed by atoms with E-state index in [9.17, 15) is 4.39 Å². The topological polar surface area (TPSA) is 29.9 Å². The molecule has 3 nitrogen and oxygen atoms in total. The third kappa shape index (κ3) is 3.90. The molecule has 0 radical (unpaired) electrons. The summed E-state index contributed by atoms with van der Waals surface area (Å²) in [5, 5.41) is 7.61. The Hall–Kier alpha value is -1.68. The molecule has 0 fully saturated rings. The maximum atomic E-state index is 13.9. The molecule has 1 heterocycles. The maximum absolute atomic E-state index is 13.9. The van der Waals surface area contributed by atoms with Gasteiger partial charge in [-0.05, 0) is 51.5 Å². The summed E-state index contributed by atoms with van der Waals surface area (Å²) < 4.78 is 15.7. The van der Waals surface area contributed by atoms with E-state index in [1.165, 1.54) is 6.07 Å². The van der Waals surface area contributed by atoms with E-state index in [0.29, 0.717) is 12.1 Å². The van der Waals surface area contributed by atoms with Crippen molar-refractivity contribution in [2.75, 3.05) is 0 Å². The molecule has 4 heteroatoms. The average molecular weight is 275 g/mol. The summed E-state index contributed by atoms with van der Waals surface area (Å²) in [6, 6.07) is 7.19. The molecule has 1 aromatic heterocycles. The molecule has 0 saturated carbocycles. The molecule has 0 unspecified atom stereocenters. The predicted octanol–water partition coefficient (Wildman–Crippen LogP) is 3.27. The van der Waals surface area contributed by atoms with Crippen molar-refractivity contribution in [2.45, 2.75) is 46.3 Å². The Morgan fingerprint density at radius 2 is 2.00 bits per heavy atom. The molecule has 20 heavy (non-hydrogen) atoms. The highest BCUT2D eigenvalue weighted by Crippen LogP contribution is 2.14. The van der Waals surface area contributed by atoms with Crippen LogP contribution in [-0.2, 0) is 13.1 Å². The van der Waals surface area contributed by atoms with Gasteiger partial charge in [-0.3, -0.25) is 4.68 Å². The van der Waals surface area contributed by atoms with Crippen LogP contribution in [0.15, 0.2) is 30.5 Å². The van der Waals surface area contributed by atoms with Gasteiger partial charge in [-0.1, -0.05) is 6.07 Å². The molecule has 1 N–H and O–H groups in total. The van der Waals surface area contributed by atoms with Gasteiger partial charge in [-0.25, -0.2) is 4.39 Å². The van der Waals surface area contributed by atoms with E-state index in [1.807, 2.05) is 25.1 Å². The molecular formula is C16H22FN3. The van der Waals surface area contributed by atoms with Crippen molar-refractivity contribution in [2.24, 2.45) is 0 Å². The Balaban J connectivity index is 2.15. The van der Waals surface area contributed by atoms with Crippen LogP contribution in [0.4, 0.5) is 4.39 Å². The highest BCUT2D eigenvalue weighted by Gasteiger charge is 2.10. The standard InChI is InChI=1S/C16H22FN3/c1-12-7-8-19-20(12)11-14-9-13(5-6-15(14)17)10-18-16(2,3)4/h5-9,18H,10-11H2,1-4H3. The number of halogens is 1. The molecule has 0 spiro atoms. The molecule has 0 aliphatic rings. The molecule has 2 rings (SSSR count). The fraction of sp³-hybridized carbons (Fsp3) is 0.438. The summed E-state index contributed by atoms with van der Waals surface area (Å²) in [4.78, 5) is 0. The van der Waals surface area contributed by atoms with E-state index in [4.69, 9.17) is 0 Å². The second kappa shape index (κ2) is 5.75. The number of nitrogens with zero attached hydrogens (tertiary/aromatic N) is 2. The first-order chi connectivity index (χ1) is 9.35. The molecule has 0 aliphatic heterocycles. The van der Waals surface area contributed by atoms with Crippen molar-refractivity contribution < 1.29 is 4.39 Å². The minimum absolute atomic E-state index is 0.0487. The van der Waals surface area contributed by atoms with Crippen molar-refractivity contribution in [3.63, 3.8) is 0 Å². The number of rotatable bonds is 4. The molecule has 108 valence electrons. The van der Waals surface area contributed by atoms with Crippen LogP contribution in [0, 0.1) is 12.7 Å². The number of benzene rings is 1. The molecule has 0 aliphatic carbocycles. The second-order valence-corrected chi connectivity index (χ2v) is 6.16. The Labute approximate surface area is 119 Å². The summed E-state index contributed by atoms with van der Waals surface area (Å²) in [6.45, 7) is 9.51. The average Bonchev–Trinajstić information content (AvgIpc) is 2.75. The van der Waals surface area contributed by atoms with Crippen LogP contribution in [0.25, 0.3) is 0 Å². The third-order valence-corrected chi connectivity index (χ3v) is 3.18. The Morgan fingerprint density at radius 3 is 2.60 bits per heavy atom. The van der Waals surface area contributed by atoms with Gasteiger partial charge in [0, 0.05) is 29.5 Å². The summed E-state index contributed by atoms with van der Waals surface area (Å²) in [7, 11) is 0. The van der Waals surface area contributed by atoms with Crippen molar-refractivity contribution in [3.8, 4) is 0 Å². The second-order valence-electron chi connectivity index (χ2n) is 6.16. The summed E-state index contributed by atoms with van der Waals surface area (Å²) in [5.41, 5.74) is 2.83. The number of aromatic nitrogens is 2. The fourth-order valence-electron chi connectivity index (χ4n) is 1.95. The Bertz CT molecular complexity index is 582. The minimum atomic E-state index is -0.181. The highest BCUT2D eigenvalue weighted by atomic mass is 19.1. The normalized spacial score (nSPS) is 11.8. The first kappa shape index (κ1) is 14.7. The van der Waals surface area contributed by atoms with Gasteiger partial charge < -0.3 is 5.32 Å². The maximum Gasteiger partial charge on any atom is 0.128 e. The lowest BCUT2D eigenvalue weighted by Gasteiger charge is -2.20. The molecule has 0 amide bonds. The van der Waals surface area contributed by atoms with Gasteiger partial charge in [-0.2, -0.15) is 5.10 Å². The first-order valence-corrected chi connectivity index (χ1v) is 6.86. The molecule has 2 aromatic rings. The fourth-order valence-corrected chi connectivity index (χ4v) is 1.95. The van der Waals surface area contributed by atoms with Gasteiger partial charge in [-0.15, -0.1) is 0 Å². The van der Waals surface area contributed by atoms with Crippen LogP contribution in [-0.4, -0.2) is 15.3 Å². The summed E-state index contributed by atoms with van der Waals surface area (Å²) >= 11 is 0. The minimum Gasteiger partial charge on any atom is -0.308 e.